The molecule has 1 aromatic carbocycles. The van der Waals surface area contributed by atoms with E-state index in [1.165, 1.54) is 24.3 Å². The minimum atomic E-state index is -1.59. The molecule has 1 unspecified atom stereocenters. The summed E-state index contributed by atoms with van der Waals surface area (Å²) in [4.78, 5) is 33.2. The summed E-state index contributed by atoms with van der Waals surface area (Å²) < 4.78 is 0. The molecule has 9 heteroatoms. The van der Waals surface area contributed by atoms with Crippen molar-refractivity contribution in [3.05, 3.63) is 39.9 Å². The Morgan fingerprint density at radius 1 is 1.28 bits per heavy atom. The minimum absolute atomic E-state index is 0.0484. The topological polar surface area (TPSA) is 156 Å². The quantitative estimate of drug-likeness (QED) is 0.371. The first-order valence-electron chi connectivity index (χ1n) is 7.82. The Balaban J connectivity index is 2.67. The number of hydrogen-bond donors (Lipinski definition) is 4. The van der Waals surface area contributed by atoms with Crippen LogP contribution in [0, 0.1) is 16.0 Å². The Morgan fingerprint density at radius 2 is 1.84 bits per heavy atom. The molecule has 0 bridgehead atoms. The second-order valence-corrected chi connectivity index (χ2v) is 6.27. The summed E-state index contributed by atoms with van der Waals surface area (Å²) in [6, 6.07) is 3.50. The number of aliphatic hydroxyl groups is 1. The van der Waals surface area contributed by atoms with E-state index in [0.717, 1.165) is 0 Å². The molecule has 1 aromatic rings. The van der Waals surface area contributed by atoms with E-state index in [0.29, 0.717) is 5.56 Å². The molecule has 25 heavy (non-hydrogen) atoms. The normalized spacial score (nSPS) is 14.6. The number of benzene rings is 1. The van der Waals surface area contributed by atoms with E-state index in [1.54, 1.807) is 0 Å². The molecule has 0 aliphatic rings. The molecule has 0 saturated carbocycles. The minimum Gasteiger partial charge on any atom is -0.480 e. The maximum absolute atomic E-state index is 12.0. The van der Waals surface area contributed by atoms with Crippen molar-refractivity contribution in [2.24, 2.45) is 11.7 Å². The predicted molar refractivity (Wildman–Crippen MR) is 89.8 cm³/mol. The van der Waals surface area contributed by atoms with E-state index >= 15 is 0 Å². The van der Waals surface area contributed by atoms with Gasteiger partial charge in [0, 0.05) is 18.2 Å². The van der Waals surface area contributed by atoms with Gasteiger partial charge in [0.2, 0.25) is 0 Å². The number of nitrogens with one attached hydrogen (secondary N) is 1. The lowest BCUT2D eigenvalue weighted by Crippen LogP contribution is -2.52. The molecule has 1 rings (SSSR count). The summed E-state index contributed by atoms with van der Waals surface area (Å²) >= 11 is 0. The van der Waals surface area contributed by atoms with Crippen molar-refractivity contribution in [2.45, 2.75) is 44.9 Å². The van der Waals surface area contributed by atoms with Gasteiger partial charge >= 0.3 is 5.97 Å². The molecule has 0 spiro atoms. The second-order valence-electron chi connectivity index (χ2n) is 6.27. The standard InChI is InChI=1S/C16H23N3O6/c1-9(2)7-13(16(22)23)18-15(21)14(20)12(17)8-10-3-5-11(6-4-10)19(24)25/h3-6,9,12-14,20H,7-8,17H2,1-2H3,(H,18,21)(H,22,23)/t12-,13+,14?/m1/s1. The summed E-state index contributed by atoms with van der Waals surface area (Å²) in [6.07, 6.45) is -1.26. The summed E-state index contributed by atoms with van der Waals surface area (Å²) in [5.41, 5.74) is 6.35. The Kier molecular flexibility index (Phi) is 7.46. The monoisotopic (exact) mass is 353 g/mol. The fraction of sp³-hybridized carbons (Fsp3) is 0.500. The number of carboxylic acids is 1. The van der Waals surface area contributed by atoms with Crippen LogP contribution in [0.25, 0.3) is 0 Å². The van der Waals surface area contributed by atoms with E-state index in [1.807, 2.05) is 13.8 Å². The van der Waals surface area contributed by atoms with Crippen molar-refractivity contribution in [3.8, 4) is 0 Å². The highest BCUT2D eigenvalue weighted by atomic mass is 16.6. The average Bonchev–Trinajstić information content (AvgIpc) is 2.53. The maximum atomic E-state index is 12.0. The van der Waals surface area contributed by atoms with E-state index in [9.17, 15) is 24.8 Å². The van der Waals surface area contributed by atoms with Gasteiger partial charge in [-0.3, -0.25) is 14.9 Å². The number of carbonyl (C=O) groups is 2. The van der Waals surface area contributed by atoms with Crippen LogP contribution in [-0.4, -0.2) is 45.2 Å². The van der Waals surface area contributed by atoms with Crippen molar-refractivity contribution < 1.29 is 24.7 Å². The lowest BCUT2D eigenvalue weighted by molar-refractivity contribution is -0.384. The van der Waals surface area contributed by atoms with Gasteiger partial charge in [-0.25, -0.2) is 4.79 Å². The number of aliphatic carboxylic acids is 1. The first-order chi connectivity index (χ1) is 11.6. The third kappa shape index (κ3) is 6.48. The van der Waals surface area contributed by atoms with Crippen molar-refractivity contribution >= 4 is 17.6 Å². The van der Waals surface area contributed by atoms with Gasteiger partial charge in [0.15, 0.2) is 0 Å². The number of amides is 1. The van der Waals surface area contributed by atoms with Crippen LogP contribution in [0.3, 0.4) is 0 Å². The Bertz CT molecular complexity index is 617. The van der Waals surface area contributed by atoms with Crippen molar-refractivity contribution in [2.75, 3.05) is 0 Å². The number of nitrogens with two attached hydrogens (primary N) is 1. The van der Waals surface area contributed by atoms with Gasteiger partial charge < -0.3 is 21.3 Å². The molecule has 138 valence electrons. The molecule has 0 aromatic heterocycles. The van der Waals surface area contributed by atoms with E-state index in [4.69, 9.17) is 10.8 Å². The number of hydrogen-bond acceptors (Lipinski definition) is 6. The number of carboxylic acid groups (broad SMARTS) is 1. The van der Waals surface area contributed by atoms with Crippen LogP contribution in [0.1, 0.15) is 25.8 Å². The second kappa shape index (κ2) is 9.09. The predicted octanol–water partition coefficient (Wildman–Crippen LogP) is 0.441. The fourth-order valence-electron chi connectivity index (χ4n) is 2.28. The highest BCUT2D eigenvalue weighted by molar-refractivity contribution is 5.86. The first-order valence-corrected chi connectivity index (χ1v) is 7.82. The van der Waals surface area contributed by atoms with Crippen LogP contribution in [0.15, 0.2) is 24.3 Å². The van der Waals surface area contributed by atoms with Crippen LogP contribution in [0.4, 0.5) is 5.69 Å². The number of non-ortho nitro benzene ring substituents is 1. The molecular formula is C16H23N3O6. The molecule has 0 radical (unpaired) electrons. The van der Waals surface area contributed by atoms with Crippen LogP contribution in [0.2, 0.25) is 0 Å². The number of carbonyl (C=O) groups excluding carboxylic acids is 1. The third-order valence-electron chi connectivity index (χ3n) is 3.61. The van der Waals surface area contributed by atoms with Crippen LogP contribution in [-0.2, 0) is 16.0 Å². The molecule has 0 saturated heterocycles. The largest absolute Gasteiger partial charge is 0.480 e. The molecule has 5 N–H and O–H groups in total. The fourth-order valence-corrected chi connectivity index (χ4v) is 2.28. The highest BCUT2D eigenvalue weighted by Gasteiger charge is 2.28. The Labute approximate surface area is 145 Å². The number of aliphatic hydroxyl groups excluding tert-OH is 1. The first kappa shape index (κ1) is 20.5. The average molecular weight is 353 g/mol. The van der Waals surface area contributed by atoms with Gasteiger partial charge in [-0.15, -0.1) is 0 Å². The zero-order valence-electron chi connectivity index (χ0n) is 14.1. The Morgan fingerprint density at radius 3 is 2.28 bits per heavy atom. The summed E-state index contributed by atoms with van der Waals surface area (Å²) in [7, 11) is 0. The number of rotatable bonds is 9. The molecule has 0 aliphatic heterocycles. The molecule has 1 amide bonds. The van der Waals surface area contributed by atoms with Gasteiger partial charge in [0.1, 0.15) is 12.1 Å². The SMILES string of the molecule is CC(C)C[C@H](NC(=O)C(O)[C@H](N)Cc1ccc([N+](=O)[O-])cc1)C(=O)O. The zero-order valence-corrected chi connectivity index (χ0v) is 14.1. The number of nitrogens with zero attached hydrogens (tertiary/aromatic N) is 1. The molecule has 9 nitrogen and oxygen atoms in total. The highest BCUT2D eigenvalue weighted by Crippen LogP contribution is 2.14. The van der Waals surface area contributed by atoms with Crippen molar-refractivity contribution in [3.63, 3.8) is 0 Å². The lowest BCUT2D eigenvalue weighted by Gasteiger charge is -2.22. The van der Waals surface area contributed by atoms with E-state index in [-0.39, 0.29) is 24.4 Å². The van der Waals surface area contributed by atoms with Gasteiger partial charge in [0.25, 0.3) is 11.6 Å². The Hall–Kier alpha value is -2.52. The zero-order chi connectivity index (χ0) is 19.1. The van der Waals surface area contributed by atoms with Gasteiger partial charge in [-0.2, -0.15) is 0 Å². The van der Waals surface area contributed by atoms with Crippen LogP contribution < -0.4 is 11.1 Å². The molecule has 3 atom stereocenters. The summed E-state index contributed by atoms with van der Waals surface area (Å²) in [5, 5.41) is 32.0. The number of nitro benzene ring substituents is 1. The maximum Gasteiger partial charge on any atom is 0.326 e. The van der Waals surface area contributed by atoms with Crippen molar-refractivity contribution in [1.29, 1.82) is 0 Å². The molecular weight excluding hydrogens is 330 g/mol. The van der Waals surface area contributed by atoms with Gasteiger partial charge in [-0.1, -0.05) is 26.0 Å². The number of nitro groups is 1. The molecule has 0 aliphatic carbocycles. The lowest BCUT2D eigenvalue weighted by atomic mass is 10.00. The van der Waals surface area contributed by atoms with Gasteiger partial charge in [0.05, 0.1) is 4.92 Å². The van der Waals surface area contributed by atoms with E-state index in [2.05, 4.69) is 5.32 Å². The summed E-state index contributed by atoms with van der Waals surface area (Å²) in [6.45, 7) is 3.64. The van der Waals surface area contributed by atoms with Crippen LogP contribution >= 0.6 is 0 Å². The van der Waals surface area contributed by atoms with Gasteiger partial charge in [-0.05, 0) is 24.3 Å². The molecule has 0 fully saturated rings. The molecule has 0 heterocycles. The van der Waals surface area contributed by atoms with Crippen molar-refractivity contribution in [1.82, 2.24) is 5.32 Å². The van der Waals surface area contributed by atoms with E-state index < -0.39 is 35.0 Å². The summed E-state index contributed by atoms with van der Waals surface area (Å²) in [5.74, 6) is -1.99. The smallest absolute Gasteiger partial charge is 0.326 e. The van der Waals surface area contributed by atoms with Crippen LogP contribution in [0.5, 0.6) is 0 Å². The third-order valence-corrected chi connectivity index (χ3v) is 3.61.